The second-order valence-electron chi connectivity index (χ2n) is 24.8. The van der Waals surface area contributed by atoms with Gasteiger partial charge in [0.2, 0.25) is 0 Å². The van der Waals surface area contributed by atoms with Gasteiger partial charge in [0.05, 0.1) is 0 Å². The summed E-state index contributed by atoms with van der Waals surface area (Å²) in [5.41, 5.74) is 2.08. The summed E-state index contributed by atoms with van der Waals surface area (Å²) in [6, 6.07) is 17.2. The number of unbranched alkanes of at least 4 members (excludes halogenated alkanes) is 1. The van der Waals surface area contributed by atoms with Gasteiger partial charge in [0.15, 0.2) is 12.2 Å². The molecule has 2 aromatic carbocycles. The highest BCUT2D eigenvalue weighted by Gasteiger charge is 2.43. The van der Waals surface area contributed by atoms with Crippen LogP contribution >= 0.6 is 0 Å². The molecule has 13 heteroatoms. The highest BCUT2D eigenvalue weighted by Crippen LogP contribution is 2.48. The Labute approximate surface area is 415 Å². The van der Waals surface area contributed by atoms with Crippen molar-refractivity contribution in [2.24, 2.45) is 27.6 Å². The molecule has 13 nitrogen and oxygen atoms in total. The van der Waals surface area contributed by atoms with E-state index >= 15 is 0 Å². The smallest absolute Gasteiger partial charge is 0.407 e. The van der Waals surface area contributed by atoms with Crippen LogP contribution in [0, 0.1) is 27.6 Å². The number of ether oxygens (including phenoxy) is 4. The third-order valence-corrected chi connectivity index (χ3v) is 15.4. The molecule has 2 aromatic rings. The molecule has 0 bridgehead atoms. The summed E-state index contributed by atoms with van der Waals surface area (Å²) >= 11 is 0. The number of amides is 4. The summed E-state index contributed by atoms with van der Waals surface area (Å²) in [4.78, 5) is 45.8. The van der Waals surface area contributed by atoms with Gasteiger partial charge in [-0.2, -0.15) is 0 Å². The Morgan fingerprint density at radius 1 is 0.696 bits per heavy atom. The number of nitrogens with one attached hydrogen (secondary N) is 3. The predicted molar refractivity (Wildman–Crippen MR) is 275 cm³/mol. The Morgan fingerprint density at radius 2 is 1.16 bits per heavy atom. The molecule has 2 heterocycles. The fourth-order valence-corrected chi connectivity index (χ4v) is 12.3. The van der Waals surface area contributed by atoms with E-state index in [-0.39, 0.29) is 58.5 Å². The van der Waals surface area contributed by atoms with Gasteiger partial charge in [-0.25, -0.2) is 14.4 Å². The standard InChI is InChI=1S/C56H90N6O7/c1-14-15-24-60(13)49(63)57-37-56(12)28-44(27-53(7,8)36-56)59-51(65)69-48(32-62-30-41(62)4)34-67-46-22-18-43(19-23-46)54(9,10)42-16-20-45(21-17-42)66-33-47(31-61-29-40(61)3)68-50(64)58-38-55(11)26-39(2)25-52(5,6)35-55/h16-23,39-41,44,47-48H,14-15,24-38H2,1-13H3,(H,57,63)(H,58,64)(H,59,65). The molecule has 2 aliphatic carbocycles. The minimum absolute atomic E-state index is 0.0160. The lowest BCUT2D eigenvalue weighted by Gasteiger charge is -2.47. The van der Waals surface area contributed by atoms with Gasteiger partial charge in [0, 0.05) is 76.4 Å². The number of alkyl carbamates (subject to hydrolysis) is 2. The number of carbonyl (C=O) groups is 3. The SMILES string of the molecule is CCCCN(C)C(=O)NCC1(C)CC(NC(=O)OC(COc2ccc(C(C)(C)c3ccc(OCC(CN4CC4C)OC(=O)NCC4(C)CC(C)CC(C)(C)C4)cc3)cc2)CN2CC2C)CC(C)(C)C1. The van der Waals surface area contributed by atoms with Gasteiger partial charge < -0.3 is 39.8 Å². The van der Waals surface area contributed by atoms with E-state index in [1.54, 1.807) is 4.90 Å². The Balaban J connectivity index is 0.987. The summed E-state index contributed by atoms with van der Waals surface area (Å²) in [6.07, 6.45) is 6.30. The number of urea groups is 1. The van der Waals surface area contributed by atoms with E-state index in [0.717, 1.165) is 81.5 Å². The van der Waals surface area contributed by atoms with Gasteiger partial charge in [0.1, 0.15) is 24.7 Å². The zero-order chi connectivity index (χ0) is 50.4. The fourth-order valence-electron chi connectivity index (χ4n) is 12.3. The molecule has 4 fully saturated rings. The van der Waals surface area contributed by atoms with E-state index in [1.165, 1.54) is 6.42 Å². The fraction of sp³-hybridized carbons (Fsp3) is 0.732. The molecule has 4 amide bonds. The van der Waals surface area contributed by atoms with Crippen molar-refractivity contribution in [3.63, 3.8) is 0 Å². The van der Waals surface area contributed by atoms with E-state index in [1.807, 2.05) is 31.3 Å². The topological polar surface area (TPSA) is 133 Å². The lowest BCUT2D eigenvalue weighted by molar-refractivity contribution is 0.0389. The summed E-state index contributed by atoms with van der Waals surface area (Å²) in [5.74, 6) is 2.07. The van der Waals surface area contributed by atoms with Crippen LogP contribution in [0.1, 0.15) is 146 Å². The Hall–Kier alpha value is -4.23. The van der Waals surface area contributed by atoms with Gasteiger partial charge in [-0.3, -0.25) is 9.80 Å². The number of carbonyl (C=O) groups excluding carboxylic acids is 3. The molecule has 0 radical (unpaired) electrons. The largest absolute Gasteiger partial charge is 0.490 e. The molecule has 2 saturated heterocycles. The molecule has 3 N–H and O–H groups in total. The third kappa shape index (κ3) is 16.4. The highest BCUT2D eigenvalue weighted by atomic mass is 16.6. The van der Waals surface area contributed by atoms with Crippen molar-refractivity contribution in [1.82, 2.24) is 30.7 Å². The molecule has 2 aliphatic heterocycles. The maximum atomic E-state index is 13.5. The van der Waals surface area contributed by atoms with Crippen LogP contribution in [0.15, 0.2) is 48.5 Å². The minimum Gasteiger partial charge on any atom is -0.490 e. The quantitative estimate of drug-likeness (QED) is 0.0987. The maximum absolute atomic E-state index is 13.5. The second kappa shape index (κ2) is 22.5. The van der Waals surface area contributed by atoms with Gasteiger partial charge in [-0.05, 0) is 122 Å². The van der Waals surface area contributed by atoms with E-state index in [0.29, 0.717) is 49.9 Å². The van der Waals surface area contributed by atoms with Gasteiger partial charge >= 0.3 is 18.2 Å². The molecule has 69 heavy (non-hydrogen) atoms. The van der Waals surface area contributed by atoms with Crippen LogP contribution in [0.25, 0.3) is 0 Å². The van der Waals surface area contributed by atoms with Crippen molar-refractivity contribution in [2.75, 3.05) is 66.1 Å². The van der Waals surface area contributed by atoms with E-state index in [4.69, 9.17) is 18.9 Å². The zero-order valence-corrected chi connectivity index (χ0v) is 44.8. The van der Waals surface area contributed by atoms with Gasteiger partial charge in [0.25, 0.3) is 0 Å². The summed E-state index contributed by atoms with van der Waals surface area (Å²) in [5, 5.41) is 9.48. The first-order valence-electron chi connectivity index (χ1n) is 26.2. The Kier molecular flexibility index (Phi) is 17.6. The van der Waals surface area contributed by atoms with Crippen LogP contribution < -0.4 is 25.4 Å². The normalized spacial score (nSPS) is 28.8. The molecule has 6 rings (SSSR count). The molecule has 10 unspecified atom stereocenters. The molecule has 2 saturated carbocycles. The molecular weight excluding hydrogens is 869 g/mol. The van der Waals surface area contributed by atoms with Crippen molar-refractivity contribution in [2.45, 2.75) is 170 Å². The highest BCUT2D eigenvalue weighted by molar-refractivity contribution is 5.73. The maximum Gasteiger partial charge on any atom is 0.407 e. The number of hydrogen-bond acceptors (Lipinski definition) is 9. The van der Waals surface area contributed by atoms with Crippen LogP contribution in [0.5, 0.6) is 11.5 Å². The lowest BCUT2D eigenvalue weighted by atomic mass is 9.61. The first-order chi connectivity index (χ1) is 32.3. The average molecular weight is 959 g/mol. The molecular formula is C56H90N6O7. The molecule has 386 valence electrons. The monoisotopic (exact) mass is 959 g/mol. The summed E-state index contributed by atoms with van der Waals surface area (Å²) < 4.78 is 24.7. The first kappa shape index (κ1) is 54.1. The van der Waals surface area contributed by atoms with Crippen LogP contribution in [0.3, 0.4) is 0 Å². The predicted octanol–water partition coefficient (Wildman–Crippen LogP) is 10.2. The first-order valence-corrected chi connectivity index (χ1v) is 26.2. The number of nitrogens with zero attached hydrogens (tertiary/aromatic N) is 3. The van der Waals surface area contributed by atoms with Crippen LogP contribution in [0.2, 0.25) is 0 Å². The summed E-state index contributed by atoms with van der Waals surface area (Å²) in [7, 11) is 1.84. The van der Waals surface area contributed by atoms with Gasteiger partial charge in [-0.15, -0.1) is 0 Å². The molecule has 4 aliphatic rings. The average Bonchev–Trinajstić information content (AvgIpc) is 4.16. The van der Waals surface area contributed by atoms with Crippen LogP contribution in [0.4, 0.5) is 14.4 Å². The minimum atomic E-state index is -0.451. The van der Waals surface area contributed by atoms with Crippen molar-refractivity contribution in [3.05, 3.63) is 59.7 Å². The third-order valence-electron chi connectivity index (χ3n) is 15.4. The molecule has 10 atom stereocenters. The number of rotatable bonds is 22. The number of hydrogen-bond donors (Lipinski definition) is 3. The summed E-state index contributed by atoms with van der Waals surface area (Å²) in [6.45, 7) is 32.5. The van der Waals surface area contributed by atoms with E-state index < -0.39 is 18.3 Å². The van der Waals surface area contributed by atoms with Crippen LogP contribution in [-0.4, -0.2) is 129 Å². The Bertz CT molecular complexity index is 2010. The van der Waals surface area contributed by atoms with E-state index in [2.05, 4.69) is 133 Å². The molecule has 0 aromatic heterocycles. The van der Waals surface area contributed by atoms with E-state index in [9.17, 15) is 14.4 Å². The second-order valence-corrected chi connectivity index (χ2v) is 24.8. The van der Waals surface area contributed by atoms with Crippen molar-refractivity contribution in [3.8, 4) is 11.5 Å². The van der Waals surface area contributed by atoms with Crippen molar-refractivity contribution >= 4 is 18.2 Å². The van der Waals surface area contributed by atoms with Crippen molar-refractivity contribution < 1.29 is 33.3 Å². The zero-order valence-electron chi connectivity index (χ0n) is 44.8. The lowest BCUT2D eigenvalue weighted by Crippen LogP contribution is -2.52. The van der Waals surface area contributed by atoms with Crippen molar-refractivity contribution in [1.29, 1.82) is 0 Å². The van der Waals surface area contributed by atoms with Crippen LogP contribution in [-0.2, 0) is 14.9 Å². The number of benzene rings is 2. The molecule has 0 spiro atoms. The van der Waals surface area contributed by atoms with Gasteiger partial charge in [-0.1, -0.05) is 99.9 Å². The Morgan fingerprint density at radius 3 is 1.64 bits per heavy atom.